The monoisotopic (exact) mass is 295 g/mol. The Balaban J connectivity index is 2.08. The van der Waals surface area contributed by atoms with Crippen LogP contribution >= 0.6 is 11.3 Å². The molecule has 1 aliphatic rings. The second kappa shape index (κ2) is 5.52. The Morgan fingerprint density at radius 1 is 1.50 bits per heavy atom. The fourth-order valence-corrected chi connectivity index (χ4v) is 3.11. The third kappa shape index (κ3) is 3.17. The summed E-state index contributed by atoms with van der Waals surface area (Å²) in [5.41, 5.74) is 0.550. The van der Waals surface area contributed by atoms with E-state index in [4.69, 9.17) is 0 Å². The van der Waals surface area contributed by atoms with Gasteiger partial charge < -0.3 is 10.2 Å². The summed E-state index contributed by atoms with van der Waals surface area (Å²) >= 11 is 1.28. The second-order valence-corrected chi connectivity index (χ2v) is 6.98. The van der Waals surface area contributed by atoms with Crippen molar-refractivity contribution in [1.82, 2.24) is 9.88 Å². The highest BCUT2D eigenvalue weighted by molar-refractivity contribution is 7.14. The number of nitrogens with zero attached hydrogens (tertiary/aromatic N) is 2. The fourth-order valence-electron chi connectivity index (χ4n) is 2.38. The van der Waals surface area contributed by atoms with Crippen molar-refractivity contribution in [2.75, 3.05) is 18.4 Å². The maximum absolute atomic E-state index is 12.5. The molecule has 1 atom stereocenters. The molecule has 110 valence electrons. The van der Waals surface area contributed by atoms with Gasteiger partial charge in [0.1, 0.15) is 5.69 Å². The summed E-state index contributed by atoms with van der Waals surface area (Å²) in [6, 6.07) is 0. The number of anilines is 1. The zero-order chi connectivity index (χ0) is 14.9. The molecule has 0 spiro atoms. The molecule has 6 heteroatoms. The third-order valence-electron chi connectivity index (χ3n) is 4.06. The van der Waals surface area contributed by atoms with E-state index in [9.17, 15) is 9.59 Å². The van der Waals surface area contributed by atoms with E-state index >= 15 is 0 Å². The zero-order valence-electron chi connectivity index (χ0n) is 12.4. The Morgan fingerprint density at radius 2 is 2.20 bits per heavy atom. The molecular formula is C14H21N3O2S. The van der Waals surface area contributed by atoms with Gasteiger partial charge in [0.25, 0.3) is 5.91 Å². The Morgan fingerprint density at radius 3 is 2.80 bits per heavy atom. The predicted octanol–water partition coefficient (Wildman–Crippen LogP) is 2.61. The first-order valence-electron chi connectivity index (χ1n) is 6.82. The first-order chi connectivity index (χ1) is 9.29. The lowest BCUT2D eigenvalue weighted by molar-refractivity contribution is -0.114. The van der Waals surface area contributed by atoms with Crippen molar-refractivity contribution in [2.24, 2.45) is 11.3 Å². The average Bonchev–Trinajstić information content (AvgIpc) is 2.79. The highest BCUT2D eigenvalue weighted by Crippen LogP contribution is 2.35. The molecule has 1 saturated heterocycles. The van der Waals surface area contributed by atoms with Crippen LogP contribution in [0.4, 0.5) is 5.13 Å². The second-order valence-electron chi connectivity index (χ2n) is 6.12. The number of nitrogens with one attached hydrogen (secondary N) is 1. The molecule has 1 aromatic rings. The number of carbonyl (C=O) groups excluding carboxylic acids is 2. The van der Waals surface area contributed by atoms with E-state index in [0.29, 0.717) is 16.7 Å². The minimum Gasteiger partial charge on any atom is -0.337 e. The molecule has 1 aliphatic heterocycles. The van der Waals surface area contributed by atoms with E-state index in [1.807, 2.05) is 4.90 Å². The van der Waals surface area contributed by atoms with E-state index in [0.717, 1.165) is 19.5 Å². The van der Waals surface area contributed by atoms with Crippen LogP contribution in [0, 0.1) is 11.3 Å². The van der Waals surface area contributed by atoms with Crippen LogP contribution in [0.2, 0.25) is 0 Å². The van der Waals surface area contributed by atoms with Gasteiger partial charge >= 0.3 is 0 Å². The molecule has 2 amide bonds. The standard InChI is InChI=1S/C14H21N3O2S/c1-9-5-6-17(8-14(9,3)4)12(19)11-7-20-13(16-11)15-10(2)18/h7,9H,5-6,8H2,1-4H3,(H,15,16,18). The molecule has 0 aromatic carbocycles. The number of aromatic nitrogens is 1. The van der Waals surface area contributed by atoms with Crippen molar-refractivity contribution < 1.29 is 9.59 Å². The molecule has 0 aliphatic carbocycles. The Hall–Kier alpha value is -1.43. The number of rotatable bonds is 2. The van der Waals surface area contributed by atoms with Gasteiger partial charge in [-0.15, -0.1) is 11.3 Å². The van der Waals surface area contributed by atoms with Crippen molar-refractivity contribution in [2.45, 2.75) is 34.1 Å². The molecule has 1 unspecified atom stereocenters. The first kappa shape index (κ1) is 15.0. The van der Waals surface area contributed by atoms with Gasteiger partial charge in [-0.1, -0.05) is 20.8 Å². The van der Waals surface area contributed by atoms with E-state index in [1.54, 1.807) is 5.38 Å². The molecule has 5 nitrogen and oxygen atoms in total. The van der Waals surface area contributed by atoms with Gasteiger partial charge in [0.2, 0.25) is 5.91 Å². The van der Waals surface area contributed by atoms with Crippen LogP contribution in [-0.2, 0) is 4.79 Å². The van der Waals surface area contributed by atoms with Crippen LogP contribution in [-0.4, -0.2) is 34.8 Å². The molecule has 1 N–H and O–H groups in total. The Labute approximate surface area is 123 Å². The molecule has 2 heterocycles. The molecule has 0 saturated carbocycles. The first-order valence-corrected chi connectivity index (χ1v) is 7.70. The van der Waals surface area contributed by atoms with Crippen molar-refractivity contribution in [3.8, 4) is 0 Å². The van der Waals surface area contributed by atoms with Gasteiger partial charge in [-0.3, -0.25) is 9.59 Å². The van der Waals surface area contributed by atoms with Crippen molar-refractivity contribution in [3.05, 3.63) is 11.1 Å². The Kier molecular flexibility index (Phi) is 4.13. The van der Waals surface area contributed by atoms with E-state index in [1.165, 1.54) is 18.3 Å². The number of amides is 2. The summed E-state index contributed by atoms with van der Waals surface area (Å²) in [5, 5.41) is 4.79. The van der Waals surface area contributed by atoms with E-state index < -0.39 is 0 Å². The van der Waals surface area contributed by atoms with Crippen molar-refractivity contribution >= 4 is 28.3 Å². The number of likely N-dealkylation sites (tertiary alicyclic amines) is 1. The minimum absolute atomic E-state index is 0.0437. The van der Waals surface area contributed by atoms with Crippen LogP contribution in [0.25, 0.3) is 0 Å². The van der Waals surface area contributed by atoms with Gasteiger partial charge in [-0.05, 0) is 17.8 Å². The van der Waals surface area contributed by atoms with Gasteiger partial charge in [0.15, 0.2) is 5.13 Å². The highest BCUT2D eigenvalue weighted by atomic mass is 32.1. The lowest BCUT2D eigenvalue weighted by atomic mass is 9.75. The molecular weight excluding hydrogens is 274 g/mol. The molecule has 0 radical (unpaired) electrons. The van der Waals surface area contributed by atoms with Crippen LogP contribution in [0.5, 0.6) is 0 Å². The topological polar surface area (TPSA) is 62.3 Å². The molecule has 1 aromatic heterocycles. The zero-order valence-corrected chi connectivity index (χ0v) is 13.2. The molecule has 0 bridgehead atoms. The van der Waals surface area contributed by atoms with Gasteiger partial charge in [-0.2, -0.15) is 0 Å². The van der Waals surface area contributed by atoms with Crippen molar-refractivity contribution in [1.29, 1.82) is 0 Å². The smallest absolute Gasteiger partial charge is 0.273 e. The number of hydrogen-bond donors (Lipinski definition) is 1. The Bertz CT molecular complexity index is 524. The van der Waals surface area contributed by atoms with Gasteiger partial charge in [-0.25, -0.2) is 4.98 Å². The molecule has 2 rings (SSSR count). The normalized spacial score (nSPS) is 21.6. The summed E-state index contributed by atoms with van der Waals surface area (Å²) in [6.45, 7) is 9.58. The lowest BCUT2D eigenvalue weighted by Gasteiger charge is -2.42. The maximum atomic E-state index is 12.5. The quantitative estimate of drug-likeness (QED) is 0.912. The van der Waals surface area contributed by atoms with Crippen LogP contribution < -0.4 is 5.32 Å². The molecule has 20 heavy (non-hydrogen) atoms. The van der Waals surface area contributed by atoms with Crippen LogP contribution in [0.1, 0.15) is 44.6 Å². The van der Waals surface area contributed by atoms with Gasteiger partial charge in [0.05, 0.1) is 0 Å². The summed E-state index contributed by atoms with van der Waals surface area (Å²) in [7, 11) is 0. The largest absolute Gasteiger partial charge is 0.337 e. The summed E-state index contributed by atoms with van der Waals surface area (Å²) < 4.78 is 0. The number of hydrogen-bond acceptors (Lipinski definition) is 4. The number of carbonyl (C=O) groups is 2. The van der Waals surface area contributed by atoms with Crippen LogP contribution in [0.3, 0.4) is 0 Å². The van der Waals surface area contributed by atoms with Gasteiger partial charge in [0, 0.05) is 25.4 Å². The summed E-state index contributed by atoms with van der Waals surface area (Å²) in [5.74, 6) is 0.390. The SMILES string of the molecule is CC(=O)Nc1nc(C(=O)N2CCC(C)C(C)(C)C2)cs1. The summed E-state index contributed by atoms with van der Waals surface area (Å²) in [6.07, 6.45) is 1.02. The van der Waals surface area contributed by atoms with Crippen LogP contribution in [0.15, 0.2) is 5.38 Å². The fraction of sp³-hybridized carbons (Fsp3) is 0.643. The lowest BCUT2D eigenvalue weighted by Crippen LogP contribution is -2.47. The van der Waals surface area contributed by atoms with E-state index in [2.05, 4.69) is 31.1 Å². The number of piperidine rings is 1. The predicted molar refractivity (Wildman–Crippen MR) is 79.9 cm³/mol. The molecule has 1 fully saturated rings. The third-order valence-corrected chi connectivity index (χ3v) is 4.82. The minimum atomic E-state index is -0.175. The maximum Gasteiger partial charge on any atom is 0.273 e. The number of thiazole rings is 1. The highest BCUT2D eigenvalue weighted by Gasteiger charge is 2.35. The van der Waals surface area contributed by atoms with Crippen molar-refractivity contribution in [3.63, 3.8) is 0 Å². The van der Waals surface area contributed by atoms with E-state index in [-0.39, 0.29) is 17.2 Å². The average molecular weight is 295 g/mol. The summed E-state index contributed by atoms with van der Waals surface area (Å²) in [4.78, 5) is 29.5.